The number of methoxy groups -OCH3 is 5. The van der Waals surface area contributed by atoms with E-state index >= 15 is 0 Å². The zero-order valence-electron chi connectivity index (χ0n) is 58.9. The second-order valence-electron chi connectivity index (χ2n) is 24.8. The monoisotopic (exact) mass is 1510 g/mol. The molecule has 1 saturated carbocycles. The molecule has 5 atom stereocenters. The predicted molar refractivity (Wildman–Crippen MR) is 410 cm³/mol. The number of carbonyl (C=O) groups is 3. The van der Waals surface area contributed by atoms with Crippen molar-refractivity contribution in [1.29, 1.82) is 0 Å². The van der Waals surface area contributed by atoms with E-state index in [2.05, 4.69) is 27.8 Å². The third kappa shape index (κ3) is 20.1. The summed E-state index contributed by atoms with van der Waals surface area (Å²) in [7, 11) is 11.8. The lowest BCUT2D eigenvalue weighted by Gasteiger charge is -2.38. The topological polar surface area (TPSA) is 206 Å². The van der Waals surface area contributed by atoms with Crippen molar-refractivity contribution >= 4 is 110 Å². The fraction of sp³-hybridized carbons (Fsp3) is 0.383. The Morgan fingerprint density at radius 3 is 1.40 bits per heavy atom. The zero-order valence-corrected chi connectivity index (χ0v) is 63.5. The van der Waals surface area contributed by atoms with Gasteiger partial charge in [-0.25, -0.2) is 9.59 Å². The lowest BCUT2D eigenvalue weighted by atomic mass is 9.75. The van der Waals surface area contributed by atoms with Gasteiger partial charge in [0.05, 0.1) is 35.5 Å². The Morgan fingerprint density at radius 2 is 0.931 bits per heavy atom. The van der Waals surface area contributed by atoms with Crippen LogP contribution in [0.25, 0.3) is 16.7 Å². The summed E-state index contributed by atoms with van der Waals surface area (Å²) < 4.78 is 32.0. The van der Waals surface area contributed by atoms with Crippen molar-refractivity contribution in [2.45, 2.75) is 151 Å². The Morgan fingerprint density at radius 1 is 0.490 bits per heavy atom. The van der Waals surface area contributed by atoms with Crippen LogP contribution < -0.4 is 16.4 Å². The molecule has 0 unspecified atom stereocenters. The molecule has 0 aliphatic heterocycles. The van der Waals surface area contributed by atoms with Crippen LogP contribution >= 0.6 is 69.6 Å². The van der Waals surface area contributed by atoms with Gasteiger partial charge in [-0.2, -0.15) is 4.99 Å². The number of hydrogen-bond acceptors (Lipinski definition) is 14. The Bertz CT molecular complexity index is 4060. The average Bonchev–Trinajstić information content (AvgIpc) is 0.785. The van der Waals surface area contributed by atoms with Crippen LogP contribution in [0.2, 0.25) is 30.1 Å². The number of primary amides is 1. The quantitative estimate of drug-likeness (QED) is 0.0558. The maximum atomic E-state index is 12.2. The van der Waals surface area contributed by atoms with Crippen LogP contribution in [0.1, 0.15) is 155 Å². The second-order valence-corrected chi connectivity index (χ2v) is 27.3. The number of nitrogens with two attached hydrogens (primary N) is 1. The van der Waals surface area contributed by atoms with Crippen LogP contribution in [0.15, 0.2) is 192 Å². The third-order valence-corrected chi connectivity index (χ3v) is 21.0. The Balaban J connectivity index is 0.000000172. The first-order chi connectivity index (χ1) is 49.3. The molecular weight excluding hydrogens is 1420 g/mol. The number of nitrogens with zero attached hydrogens (tertiary/aromatic N) is 1. The van der Waals surface area contributed by atoms with Gasteiger partial charge in [0.15, 0.2) is 29.0 Å². The van der Waals surface area contributed by atoms with Gasteiger partial charge >= 0.3 is 6.09 Å². The molecule has 544 valence electrons. The maximum Gasteiger partial charge on any atom is 0.405 e. The first-order valence-electron chi connectivity index (χ1n) is 34.3. The van der Waals surface area contributed by atoms with Gasteiger partial charge in [0.2, 0.25) is 6.08 Å². The number of allylic oxidation sites excluding steroid dienone is 6. The minimum absolute atomic E-state index is 0.0728. The lowest BCUT2D eigenvalue weighted by Crippen LogP contribution is -2.49. The molecule has 6 aliphatic rings. The molecule has 0 spiro atoms. The van der Waals surface area contributed by atoms with E-state index in [0.29, 0.717) is 73.8 Å². The van der Waals surface area contributed by atoms with E-state index in [1.807, 2.05) is 154 Å². The molecule has 6 aromatic rings. The summed E-state index contributed by atoms with van der Waals surface area (Å²) in [4.78, 5) is 49.6. The number of carbonyl (C=O) groups excluding carboxylic acids is 4. The Hall–Kier alpha value is -7.37. The highest BCUT2D eigenvalue weighted by molar-refractivity contribution is 6.34. The van der Waals surface area contributed by atoms with Crippen molar-refractivity contribution in [3.05, 3.63) is 250 Å². The number of isocyanates is 1. The van der Waals surface area contributed by atoms with Gasteiger partial charge in [-0.3, -0.25) is 9.59 Å². The van der Waals surface area contributed by atoms with Gasteiger partial charge in [-0.1, -0.05) is 185 Å². The van der Waals surface area contributed by atoms with Crippen molar-refractivity contribution in [2.24, 2.45) is 10.7 Å². The van der Waals surface area contributed by atoms with Crippen molar-refractivity contribution < 1.29 is 52.7 Å². The van der Waals surface area contributed by atoms with E-state index in [-0.39, 0.29) is 17.1 Å². The number of hydrogen-bond donors (Lipinski definition) is 4. The maximum absolute atomic E-state index is 12.2. The number of amides is 1. The first-order valence-corrected chi connectivity index (χ1v) is 36.5. The molecule has 1 amide bonds. The number of aliphatic hydroxyl groups is 1. The van der Waals surface area contributed by atoms with Crippen LogP contribution in [-0.4, -0.2) is 90.7 Å². The van der Waals surface area contributed by atoms with Crippen LogP contribution in [0.3, 0.4) is 0 Å². The summed E-state index contributed by atoms with van der Waals surface area (Å²) in [5.74, 6) is 3.75. The molecule has 0 heterocycles. The fourth-order valence-corrected chi connectivity index (χ4v) is 15.8. The SMILES string of the molecule is CN[C@]1(c2ccccc2Cl)CCCC=C1OC.CN[C@]1(c2ccccc2Cl)CCCCC1=O.COC1=C(c2ccccc2Cl)CCCC1=O.COC1=C(c2ccccc2Cl)CCC[C@@H]1O.COC1=C(c2ccccc2Cl)CCC[C@@H]1OC(N)=O.COC1=CCCC[C@]1(N=C=O)c1ccccc1Cl. The molecule has 102 heavy (non-hydrogen) atoms. The highest BCUT2D eigenvalue weighted by Gasteiger charge is 2.43. The molecule has 0 bridgehead atoms. The minimum atomic E-state index is -0.812. The van der Waals surface area contributed by atoms with Crippen LogP contribution in [0, 0.1) is 0 Å². The van der Waals surface area contributed by atoms with Crippen molar-refractivity contribution in [1.82, 2.24) is 10.6 Å². The number of ketones is 2. The summed E-state index contributed by atoms with van der Waals surface area (Å²) in [6.07, 6.45) is 20.7. The molecule has 15 nitrogen and oxygen atoms in total. The zero-order chi connectivity index (χ0) is 73.8. The van der Waals surface area contributed by atoms with Crippen LogP contribution in [0.5, 0.6) is 0 Å². The number of rotatable bonds is 15. The highest BCUT2D eigenvalue weighted by Crippen LogP contribution is 2.46. The van der Waals surface area contributed by atoms with E-state index in [0.717, 1.165) is 157 Å². The van der Waals surface area contributed by atoms with Gasteiger partial charge in [-0.15, -0.1) is 0 Å². The number of aliphatic hydroxyl groups excluding tert-OH is 1. The predicted octanol–water partition coefficient (Wildman–Crippen LogP) is 20.0. The second kappa shape index (κ2) is 40.6. The molecule has 6 aliphatic carbocycles. The molecule has 1 fully saturated rings. The molecular formula is C81H92Cl6N4O11. The molecule has 0 aromatic heterocycles. The molecule has 0 radical (unpaired) electrons. The van der Waals surface area contributed by atoms with E-state index in [4.69, 9.17) is 104 Å². The number of halogens is 6. The number of Topliss-reactive ketones (excluding diaryl/α,β-unsaturated/α-hetero) is 2. The first kappa shape index (κ1) is 81.9. The van der Waals surface area contributed by atoms with E-state index in [9.17, 15) is 24.3 Å². The van der Waals surface area contributed by atoms with E-state index in [1.54, 1.807) is 40.6 Å². The molecule has 0 saturated heterocycles. The number of nitrogens with one attached hydrogen (secondary N) is 2. The van der Waals surface area contributed by atoms with E-state index < -0.39 is 29.4 Å². The fourth-order valence-electron chi connectivity index (χ4n) is 14.2. The smallest absolute Gasteiger partial charge is 0.405 e. The van der Waals surface area contributed by atoms with Crippen LogP contribution in [0.4, 0.5) is 4.79 Å². The lowest BCUT2D eigenvalue weighted by molar-refractivity contribution is -0.127. The highest BCUT2D eigenvalue weighted by atomic mass is 35.5. The molecule has 21 heteroatoms. The van der Waals surface area contributed by atoms with Gasteiger partial charge in [0.25, 0.3) is 0 Å². The van der Waals surface area contributed by atoms with Gasteiger partial charge in [0, 0.05) is 70.8 Å². The summed E-state index contributed by atoms with van der Waals surface area (Å²) in [5, 5.41) is 20.5. The molecule has 12 rings (SSSR count). The standard InChI is InChI=1S/C14H16ClNO3.C14H14ClNO2.C14H18ClNO.C13H16ClNO.C13H15ClO2.C13H13ClO2/c1-18-13-10(9-5-2-3-7-11(9)15)6-4-8-12(13)19-14(16)17;1-18-13-8-4-5-9-14(13,16-10-17)11-6-2-3-7-12(11)15;1-16-14(10-6-5-9-13(14)17-2)11-7-3-4-8-12(11)15;1-15-13(9-5-4-8-12(13)16)10-6-2-3-7-11(10)14;2*1-16-13-10(6-4-8-12(13)15)9-5-2-3-7-11(9)14/h2-3,5,7,12H,4,6,8H2,1H3,(H2,16,17);2-3,6-8H,4-5,9H2,1H3;3-4,7-9,16H,5-6,10H2,1-2H3;2-3,6-7,15H,4-5,8-9H2,1H3;2-3,5,7,12,15H,4,6,8H2,1H3;2-3,5,7H,4,6,8H2,1H3/t12-;2*14-;13-;12-;/m00000./s1. The van der Waals surface area contributed by atoms with Gasteiger partial charge in [-0.05, 0) is 188 Å². The van der Waals surface area contributed by atoms with Crippen molar-refractivity contribution in [3.63, 3.8) is 0 Å². The Labute approximate surface area is 630 Å². The largest absolute Gasteiger partial charge is 0.499 e. The normalized spacial score (nSPS) is 21.6. The number of ether oxygens (including phenoxy) is 6. The van der Waals surface area contributed by atoms with Crippen molar-refractivity contribution in [3.8, 4) is 0 Å². The average molecular weight is 1510 g/mol. The van der Waals surface area contributed by atoms with Gasteiger partial charge < -0.3 is 49.9 Å². The molecule has 5 N–H and O–H groups in total. The summed E-state index contributed by atoms with van der Waals surface area (Å²) in [5.41, 5.74) is 12.0. The number of aliphatic imine (C=N–C) groups is 1. The minimum Gasteiger partial charge on any atom is -0.499 e. The summed E-state index contributed by atoms with van der Waals surface area (Å²) in [6.45, 7) is 0. The number of benzene rings is 6. The van der Waals surface area contributed by atoms with E-state index in [1.165, 1.54) is 7.11 Å². The van der Waals surface area contributed by atoms with Crippen molar-refractivity contribution in [2.75, 3.05) is 49.6 Å². The third-order valence-electron chi connectivity index (χ3n) is 19.0. The number of likely N-dealkylation sites (N-methyl/N-ethyl adjacent to an activating group) is 2. The van der Waals surface area contributed by atoms with Crippen LogP contribution in [-0.2, 0) is 59.4 Å². The Kier molecular flexibility index (Phi) is 32.6. The summed E-state index contributed by atoms with van der Waals surface area (Å²) in [6, 6.07) is 45.8. The van der Waals surface area contributed by atoms with Gasteiger partial charge in [0.1, 0.15) is 40.2 Å². The molecule has 6 aromatic carbocycles. The summed E-state index contributed by atoms with van der Waals surface area (Å²) >= 11 is 37.3.